The van der Waals surface area contributed by atoms with E-state index in [1.165, 1.54) is 17.4 Å². The van der Waals surface area contributed by atoms with Crippen LogP contribution >= 0.6 is 11.3 Å². The lowest BCUT2D eigenvalue weighted by molar-refractivity contribution is 0.0991. The van der Waals surface area contributed by atoms with Gasteiger partial charge in [-0.2, -0.15) is 0 Å². The fourth-order valence-corrected chi connectivity index (χ4v) is 2.55. The molecule has 1 amide bonds. The normalized spacial score (nSPS) is 11.5. The van der Waals surface area contributed by atoms with Crippen LogP contribution in [0, 0.1) is 13.8 Å². The van der Waals surface area contributed by atoms with E-state index >= 15 is 0 Å². The topological polar surface area (TPSA) is 115 Å². The molecule has 7 nitrogen and oxygen atoms in total. The number of rotatable bonds is 3. The summed E-state index contributed by atoms with van der Waals surface area (Å²) in [5.74, 6) is -0.724. The van der Waals surface area contributed by atoms with Crippen LogP contribution in [0.4, 0.5) is 5.13 Å². The average molecular weight is 301 g/mol. The molecule has 9 heteroatoms. The third-order valence-electron chi connectivity index (χ3n) is 2.33. The largest absolute Gasteiger partial charge is 0.438 e. The molecule has 0 atom stereocenters. The summed E-state index contributed by atoms with van der Waals surface area (Å²) < 4.78 is 26.9. The first-order valence-electron chi connectivity index (χ1n) is 5.15. The average Bonchev–Trinajstić information content (AvgIpc) is 2.86. The van der Waals surface area contributed by atoms with Crippen molar-refractivity contribution in [1.82, 2.24) is 4.98 Å². The molecule has 0 saturated heterocycles. The number of aromatic nitrogens is 1. The van der Waals surface area contributed by atoms with Crippen LogP contribution in [0.5, 0.6) is 0 Å². The van der Waals surface area contributed by atoms with Crippen molar-refractivity contribution in [3.63, 3.8) is 0 Å². The molecule has 0 unspecified atom stereocenters. The number of nitrogens with two attached hydrogens (primary N) is 1. The van der Waals surface area contributed by atoms with Crippen LogP contribution in [0.1, 0.15) is 21.1 Å². The maximum absolute atomic E-state index is 11.8. The summed E-state index contributed by atoms with van der Waals surface area (Å²) in [6.45, 7) is 3.71. The van der Waals surface area contributed by atoms with Gasteiger partial charge in [0.25, 0.3) is 15.9 Å². The van der Waals surface area contributed by atoms with Crippen molar-refractivity contribution in [1.29, 1.82) is 0 Å². The summed E-state index contributed by atoms with van der Waals surface area (Å²) in [4.78, 5) is 16.9. The van der Waals surface area contributed by atoms with E-state index in [1.807, 2.05) is 13.8 Å². The smallest absolute Gasteiger partial charge is 0.293 e. The quantitative estimate of drug-likeness (QED) is 0.885. The number of furan rings is 1. The highest BCUT2D eigenvalue weighted by Gasteiger charge is 2.18. The lowest BCUT2D eigenvalue weighted by Gasteiger charge is -1.97. The Balaban J connectivity index is 2.19. The predicted molar refractivity (Wildman–Crippen MR) is 69.6 cm³/mol. The number of nitrogens with one attached hydrogen (secondary N) is 1. The minimum absolute atomic E-state index is 0.144. The van der Waals surface area contributed by atoms with Gasteiger partial charge in [-0.05, 0) is 26.0 Å². The van der Waals surface area contributed by atoms with Crippen LogP contribution in [-0.4, -0.2) is 19.3 Å². The number of hydrogen-bond donors (Lipinski definition) is 2. The van der Waals surface area contributed by atoms with Gasteiger partial charge in [-0.3, -0.25) is 10.1 Å². The summed E-state index contributed by atoms with van der Waals surface area (Å²) in [6, 6.07) is 2.37. The number of sulfonamides is 1. The molecule has 2 aromatic rings. The van der Waals surface area contributed by atoms with Gasteiger partial charge in [-0.15, -0.1) is 11.3 Å². The molecule has 2 aromatic heterocycles. The van der Waals surface area contributed by atoms with Gasteiger partial charge in [0.2, 0.25) is 5.09 Å². The van der Waals surface area contributed by atoms with E-state index in [-0.39, 0.29) is 5.76 Å². The number of thiazole rings is 1. The second-order valence-electron chi connectivity index (χ2n) is 3.78. The monoisotopic (exact) mass is 301 g/mol. The Morgan fingerprint density at radius 1 is 1.42 bits per heavy atom. The van der Waals surface area contributed by atoms with Crippen LogP contribution in [-0.2, 0) is 10.0 Å². The second-order valence-corrected chi connectivity index (χ2v) is 6.47. The Labute approximate surface area is 113 Å². The van der Waals surface area contributed by atoms with Gasteiger partial charge in [0, 0.05) is 4.88 Å². The highest BCUT2D eigenvalue weighted by atomic mass is 32.2. The van der Waals surface area contributed by atoms with Crippen molar-refractivity contribution < 1.29 is 17.6 Å². The summed E-state index contributed by atoms with van der Waals surface area (Å²) in [5.41, 5.74) is 0.824. The van der Waals surface area contributed by atoms with E-state index in [4.69, 9.17) is 9.56 Å². The maximum Gasteiger partial charge on any atom is 0.293 e. The van der Waals surface area contributed by atoms with E-state index in [9.17, 15) is 13.2 Å². The van der Waals surface area contributed by atoms with Crippen LogP contribution in [0.25, 0.3) is 0 Å². The summed E-state index contributed by atoms with van der Waals surface area (Å²) in [7, 11) is -3.95. The van der Waals surface area contributed by atoms with Gasteiger partial charge in [0.15, 0.2) is 10.9 Å². The number of amides is 1. The molecular formula is C10H11N3O4S2. The fourth-order valence-electron chi connectivity index (χ4n) is 1.28. The maximum atomic E-state index is 11.8. The number of nitrogens with zero attached hydrogens (tertiary/aromatic N) is 1. The first kappa shape index (κ1) is 13.7. The molecule has 0 aliphatic carbocycles. The highest BCUT2D eigenvalue weighted by molar-refractivity contribution is 7.89. The molecule has 2 heterocycles. The van der Waals surface area contributed by atoms with Gasteiger partial charge in [0.05, 0.1) is 5.69 Å². The molecule has 19 heavy (non-hydrogen) atoms. The standard InChI is InChI=1S/C10H11N3O4S2/c1-5-6(2)18-10(12-5)13-9(14)7-3-4-8(17-7)19(11,15)16/h3-4H,1-2H3,(H2,11,15,16)(H,12,13,14). The first-order valence-corrected chi connectivity index (χ1v) is 7.51. The van der Waals surface area contributed by atoms with Crippen LogP contribution < -0.4 is 10.5 Å². The molecule has 0 saturated carbocycles. The van der Waals surface area contributed by atoms with Gasteiger partial charge in [-0.25, -0.2) is 18.5 Å². The number of carbonyl (C=O) groups excluding carboxylic acids is 1. The molecule has 3 N–H and O–H groups in total. The zero-order valence-electron chi connectivity index (χ0n) is 10.1. The Morgan fingerprint density at radius 3 is 2.58 bits per heavy atom. The minimum atomic E-state index is -3.95. The summed E-state index contributed by atoms with van der Waals surface area (Å²) in [6.07, 6.45) is 0. The van der Waals surface area contributed by atoms with Crippen molar-refractivity contribution in [2.45, 2.75) is 18.9 Å². The van der Waals surface area contributed by atoms with Gasteiger partial charge >= 0.3 is 0 Å². The molecule has 0 fully saturated rings. The predicted octanol–water partition coefficient (Wildman–Crippen LogP) is 1.25. The fraction of sp³-hybridized carbons (Fsp3) is 0.200. The van der Waals surface area contributed by atoms with Crippen molar-refractivity contribution in [2.75, 3.05) is 5.32 Å². The zero-order valence-corrected chi connectivity index (χ0v) is 11.8. The SMILES string of the molecule is Cc1nc(NC(=O)c2ccc(S(N)(=O)=O)o2)sc1C. The second kappa shape index (κ2) is 4.76. The van der Waals surface area contributed by atoms with E-state index in [0.717, 1.165) is 16.6 Å². The first-order chi connectivity index (χ1) is 8.77. The third-order valence-corrected chi connectivity index (χ3v) is 4.10. The van der Waals surface area contributed by atoms with Crippen molar-refractivity contribution in [3.8, 4) is 0 Å². The molecule has 0 spiro atoms. The molecule has 0 aliphatic heterocycles. The molecule has 0 radical (unpaired) electrons. The minimum Gasteiger partial charge on any atom is -0.438 e. The molecule has 0 aliphatic rings. The van der Waals surface area contributed by atoms with E-state index < -0.39 is 21.0 Å². The van der Waals surface area contributed by atoms with Gasteiger partial charge in [-0.1, -0.05) is 0 Å². The number of hydrogen-bond acceptors (Lipinski definition) is 6. The lowest BCUT2D eigenvalue weighted by atomic mass is 10.4. The Morgan fingerprint density at radius 2 is 2.11 bits per heavy atom. The van der Waals surface area contributed by atoms with E-state index in [0.29, 0.717) is 5.13 Å². The van der Waals surface area contributed by atoms with E-state index in [1.54, 1.807) is 0 Å². The Bertz CT molecular complexity index is 710. The van der Waals surface area contributed by atoms with Crippen molar-refractivity contribution >= 4 is 32.4 Å². The van der Waals surface area contributed by atoms with Gasteiger partial charge in [0.1, 0.15) is 0 Å². The molecule has 2 rings (SSSR count). The molecule has 102 valence electrons. The summed E-state index contributed by atoms with van der Waals surface area (Å²) >= 11 is 1.32. The zero-order chi connectivity index (χ0) is 14.2. The van der Waals surface area contributed by atoms with E-state index in [2.05, 4.69) is 10.3 Å². The number of carbonyl (C=O) groups is 1. The van der Waals surface area contributed by atoms with Crippen LogP contribution in [0.15, 0.2) is 21.6 Å². The van der Waals surface area contributed by atoms with Crippen LogP contribution in [0.2, 0.25) is 0 Å². The lowest BCUT2D eigenvalue weighted by Crippen LogP contribution is -2.12. The molecule has 0 aromatic carbocycles. The molecule has 0 bridgehead atoms. The molecular weight excluding hydrogens is 290 g/mol. The third kappa shape index (κ3) is 3.00. The number of anilines is 1. The highest BCUT2D eigenvalue weighted by Crippen LogP contribution is 2.22. The van der Waals surface area contributed by atoms with Gasteiger partial charge < -0.3 is 4.42 Å². The number of primary sulfonamides is 1. The Hall–Kier alpha value is -1.71. The van der Waals surface area contributed by atoms with Crippen molar-refractivity contribution in [3.05, 3.63) is 28.5 Å². The Kier molecular flexibility index (Phi) is 3.43. The van der Waals surface area contributed by atoms with Crippen molar-refractivity contribution in [2.24, 2.45) is 5.14 Å². The summed E-state index contributed by atoms with van der Waals surface area (Å²) in [5, 5.41) is 7.38. The van der Waals surface area contributed by atoms with Crippen LogP contribution in [0.3, 0.4) is 0 Å². The number of aryl methyl sites for hydroxylation is 2.